The maximum atomic E-state index is 13.5. The average molecular weight is 328 g/mol. The summed E-state index contributed by atoms with van der Waals surface area (Å²) in [6.45, 7) is -0.129. The Labute approximate surface area is 129 Å². The molecule has 6 nitrogen and oxygen atoms in total. The summed E-state index contributed by atoms with van der Waals surface area (Å²) in [4.78, 5) is 11.9. The van der Waals surface area contributed by atoms with Crippen molar-refractivity contribution in [2.75, 3.05) is 6.67 Å². The van der Waals surface area contributed by atoms with Gasteiger partial charge in [-0.25, -0.2) is 4.39 Å². The van der Waals surface area contributed by atoms with Crippen molar-refractivity contribution >= 4 is 5.97 Å². The van der Waals surface area contributed by atoms with E-state index < -0.39 is 24.1 Å². The number of hydrogen-bond acceptors (Lipinski definition) is 4. The number of carboxylic acids is 1. The Morgan fingerprint density at radius 2 is 2.09 bits per heavy atom. The van der Waals surface area contributed by atoms with Gasteiger partial charge < -0.3 is 5.11 Å². The average Bonchev–Trinajstić information content (AvgIpc) is 2.90. The minimum Gasteiger partial charge on any atom is -0.481 e. The van der Waals surface area contributed by atoms with E-state index >= 15 is 0 Å². The fourth-order valence-electron chi connectivity index (χ4n) is 2.11. The van der Waals surface area contributed by atoms with Gasteiger partial charge in [-0.3, -0.25) is 4.79 Å². The summed E-state index contributed by atoms with van der Waals surface area (Å²) in [5.74, 6) is -4.17. The summed E-state index contributed by atoms with van der Waals surface area (Å²) in [5, 5.41) is 20.2. The van der Waals surface area contributed by atoms with Gasteiger partial charge in [0.05, 0.1) is 6.54 Å². The molecule has 2 rings (SSSR count). The topological polar surface area (TPSA) is 80.9 Å². The first kappa shape index (κ1) is 16.9. The molecule has 1 heterocycles. The van der Waals surface area contributed by atoms with Gasteiger partial charge in [0.15, 0.2) is 12.5 Å². The van der Waals surface area contributed by atoms with Crippen LogP contribution in [-0.2, 0) is 23.7 Å². The number of rotatable bonds is 7. The lowest BCUT2D eigenvalue weighted by molar-refractivity contribution is -0.136. The van der Waals surface area contributed by atoms with Crippen LogP contribution in [0.15, 0.2) is 18.2 Å². The minimum atomic E-state index is -3.59. The van der Waals surface area contributed by atoms with E-state index in [4.69, 9.17) is 5.11 Å². The highest BCUT2D eigenvalue weighted by molar-refractivity contribution is 5.67. The van der Waals surface area contributed by atoms with Crippen LogP contribution in [0.25, 0.3) is 0 Å². The lowest BCUT2D eigenvalue weighted by Crippen LogP contribution is -2.17. The molecule has 0 aliphatic rings. The first-order valence-electron chi connectivity index (χ1n) is 6.84. The zero-order valence-corrected chi connectivity index (χ0v) is 12.3. The molecule has 0 radical (unpaired) electrons. The van der Waals surface area contributed by atoms with Gasteiger partial charge >= 0.3 is 11.9 Å². The minimum absolute atomic E-state index is 0.0476. The maximum Gasteiger partial charge on any atom is 0.303 e. The Morgan fingerprint density at radius 1 is 1.35 bits per heavy atom. The zero-order chi connectivity index (χ0) is 17.0. The summed E-state index contributed by atoms with van der Waals surface area (Å²) >= 11 is 0. The third kappa shape index (κ3) is 4.27. The zero-order valence-electron chi connectivity index (χ0n) is 12.3. The first-order chi connectivity index (χ1) is 10.8. The number of aromatic nitrogens is 4. The highest BCUT2D eigenvalue weighted by Crippen LogP contribution is 2.30. The number of hydrogen-bond donors (Lipinski definition) is 1. The normalized spacial score (nSPS) is 11.7. The molecule has 1 aromatic carbocycles. The Morgan fingerprint density at radius 3 is 2.65 bits per heavy atom. The Hall–Kier alpha value is -2.45. The van der Waals surface area contributed by atoms with Gasteiger partial charge in [-0.2, -0.15) is 13.6 Å². The Kier molecular flexibility index (Phi) is 4.97. The van der Waals surface area contributed by atoms with Gasteiger partial charge in [-0.1, -0.05) is 12.1 Å². The molecule has 9 heteroatoms. The molecule has 0 saturated heterocycles. The second-order valence-electron chi connectivity index (χ2n) is 5.08. The standard InChI is InChI=1S/C14H15F3N4O2/c1-9-18-20-21(19-9)7-11-6-12(14(16,17)8-15)4-2-10(11)3-5-13(22)23/h2,4,6H,3,5,7-8H2,1H3,(H,22,23). The SMILES string of the molecule is Cc1nnn(Cc2cc(C(F)(F)CF)ccc2CCC(=O)O)n1. The van der Waals surface area contributed by atoms with Gasteiger partial charge in [-0.05, 0) is 35.8 Å². The van der Waals surface area contributed by atoms with Crippen LogP contribution in [0.3, 0.4) is 0 Å². The number of halogens is 3. The number of aliphatic carboxylic acids is 1. The number of benzene rings is 1. The molecule has 1 N–H and O–H groups in total. The largest absolute Gasteiger partial charge is 0.481 e. The van der Waals surface area contributed by atoms with Gasteiger partial charge in [0, 0.05) is 12.0 Å². The van der Waals surface area contributed by atoms with Gasteiger partial charge in [0.2, 0.25) is 0 Å². The molecular formula is C14H15F3N4O2. The number of carboxylic acid groups (broad SMARTS) is 1. The van der Waals surface area contributed by atoms with Crippen molar-refractivity contribution in [2.45, 2.75) is 32.2 Å². The van der Waals surface area contributed by atoms with Gasteiger partial charge in [0.25, 0.3) is 0 Å². The second kappa shape index (κ2) is 6.76. The van der Waals surface area contributed by atoms with Crippen LogP contribution in [0.1, 0.15) is 28.9 Å². The monoisotopic (exact) mass is 328 g/mol. The van der Waals surface area contributed by atoms with Crippen LogP contribution in [0.4, 0.5) is 13.2 Å². The molecule has 0 bridgehead atoms. The molecule has 0 atom stereocenters. The van der Waals surface area contributed by atoms with Crippen LogP contribution in [0.2, 0.25) is 0 Å². The third-order valence-corrected chi connectivity index (χ3v) is 3.27. The Balaban J connectivity index is 2.35. The molecule has 2 aromatic rings. The fourth-order valence-corrected chi connectivity index (χ4v) is 2.11. The molecule has 0 unspecified atom stereocenters. The molecule has 0 fully saturated rings. The van der Waals surface area contributed by atoms with Crippen molar-refractivity contribution in [1.82, 2.24) is 20.2 Å². The maximum absolute atomic E-state index is 13.5. The van der Waals surface area contributed by atoms with Crippen LogP contribution < -0.4 is 0 Å². The van der Waals surface area contributed by atoms with E-state index in [-0.39, 0.29) is 19.4 Å². The number of tetrazole rings is 1. The molecule has 124 valence electrons. The van der Waals surface area contributed by atoms with Crippen LogP contribution in [0.5, 0.6) is 0 Å². The number of nitrogens with zero attached hydrogens (tertiary/aromatic N) is 4. The molecule has 0 saturated carbocycles. The highest BCUT2D eigenvalue weighted by atomic mass is 19.3. The van der Waals surface area contributed by atoms with Crippen molar-refractivity contribution in [1.29, 1.82) is 0 Å². The molecule has 0 aliphatic carbocycles. The van der Waals surface area contributed by atoms with Crippen molar-refractivity contribution in [3.63, 3.8) is 0 Å². The van der Waals surface area contributed by atoms with Gasteiger partial charge in [0.1, 0.15) is 0 Å². The summed E-state index contributed by atoms with van der Waals surface area (Å²) < 4.78 is 39.6. The first-order valence-corrected chi connectivity index (χ1v) is 6.84. The molecule has 0 aliphatic heterocycles. The van der Waals surface area contributed by atoms with Crippen molar-refractivity contribution in [2.24, 2.45) is 0 Å². The summed E-state index contributed by atoms with van der Waals surface area (Å²) in [7, 11) is 0. The summed E-state index contributed by atoms with van der Waals surface area (Å²) in [5.41, 5.74) is 0.515. The van der Waals surface area contributed by atoms with Crippen molar-refractivity contribution in [3.8, 4) is 0 Å². The predicted octanol–water partition coefficient (Wildman–Crippen LogP) is 2.11. The van der Waals surface area contributed by atoms with Crippen molar-refractivity contribution < 1.29 is 23.1 Å². The van der Waals surface area contributed by atoms with Crippen LogP contribution in [-0.4, -0.2) is 38.0 Å². The smallest absolute Gasteiger partial charge is 0.303 e. The third-order valence-electron chi connectivity index (χ3n) is 3.27. The Bertz CT molecular complexity index is 703. The van der Waals surface area contributed by atoms with Gasteiger partial charge in [-0.15, -0.1) is 10.2 Å². The van der Waals surface area contributed by atoms with E-state index in [1.165, 1.54) is 10.9 Å². The molecule has 0 amide bonds. The van der Waals surface area contributed by atoms with Crippen LogP contribution in [0, 0.1) is 6.92 Å². The lowest BCUT2D eigenvalue weighted by Gasteiger charge is -2.16. The van der Waals surface area contributed by atoms with E-state index in [1.54, 1.807) is 6.92 Å². The molecule has 1 aromatic heterocycles. The predicted molar refractivity (Wildman–Crippen MR) is 73.9 cm³/mol. The number of aryl methyl sites for hydroxylation is 2. The fraction of sp³-hybridized carbons (Fsp3) is 0.429. The highest BCUT2D eigenvalue weighted by Gasteiger charge is 2.32. The summed E-state index contributed by atoms with van der Waals surface area (Å²) in [6, 6.07) is 3.66. The second-order valence-corrected chi connectivity index (χ2v) is 5.08. The number of alkyl halides is 3. The van der Waals surface area contributed by atoms with E-state index in [0.717, 1.165) is 12.1 Å². The number of carbonyl (C=O) groups is 1. The van der Waals surface area contributed by atoms with Crippen molar-refractivity contribution in [3.05, 3.63) is 40.7 Å². The lowest BCUT2D eigenvalue weighted by atomic mass is 9.97. The van der Waals surface area contributed by atoms with E-state index in [0.29, 0.717) is 17.0 Å². The molecule has 23 heavy (non-hydrogen) atoms. The van der Waals surface area contributed by atoms with E-state index in [2.05, 4.69) is 15.4 Å². The van der Waals surface area contributed by atoms with Crippen LogP contribution >= 0.6 is 0 Å². The molecule has 0 spiro atoms. The summed E-state index contributed by atoms with van der Waals surface area (Å²) in [6.07, 6.45) is 0.0233. The quantitative estimate of drug-likeness (QED) is 0.842. The van der Waals surface area contributed by atoms with E-state index in [9.17, 15) is 18.0 Å². The van der Waals surface area contributed by atoms with E-state index in [1.807, 2.05) is 0 Å². The molecular weight excluding hydrogens is 313 g/mol.